The summed E-state index contributed by atoms with van der Waals surface area (Å²) in [4.78, 5) is 15.7. The number of aryl methyl sites for hydroxylation is 2. The van der Waals surface area contributed by atoms with Gasteiger partial charge in [-0.1, -0.05) is 6.92 Å². The first-order valence-corrected chi connectivity index (χ1v) is 5.92. The number of nitrogens with zero attached hydrogens (tertiary/aromatic N) is 1. The summed E-state index contributed by atoms with van der Waals surface area (Å²) in [6.07, 6.45) is 1.31. The summed E-state index contributed by atoms with van der Waals surface area (Å²) >= 11 is 0. The lowest BCUT2D eigenvalue weighted by Gasteiger charge is -2.07. The van der Waals surface area contributed by atoms with Gasteiger partial charge in [0.25, 0.3) is 0 Å². The van der Waals surface area contributed by atoms with Gasteiger partial charge in [-0.3, -0.25) is 4.79 Å². The number of aromatic nitrogens is 1. The summed E-state index contributed by atoms with van der Waals surface area (Å²) in [5.41, 5.74) is 6.35. The zero-order valence-electron chi connectivity index (χ0n) is 10.7. The minimum atomic E-state index is 0.0128. The van der Waals surface area contributed by atoms with Crippen molar-refractivity contribution < 1.29 is 9.21 Å². The van der Waals surface area contributed by atoms with E-state index >= 15 is 0 Å². The van der Waals surface area contributed by atoms with Crippen LogP contribution < -0.4 is 11.1 Å². The molecule has 5 nitrogen and oxygen atoms in total. The molecule has 0 aliphatic rings. The van der Waals surface area contributed by atoms with Crippen LogP contribution in [-0.2, 0) is 11.3 Å². The molecule has 0 radical (unpaired) electrons. The second-order valence-electron chi connectivity index (χ2n) is 4.41. The summed E-state index contributed by atoms with van der Waals surface area (Å²) < 4.78 is 5.37. The highest BCUT2D eigenvalue weighted by atomic mass is 16.4. The highest BCUT2D eigenvalue weighted by Gasteiger charge is 2.08. The van der Waals surface area contributed by atoms with Crippen LogP contribution in [0.3, 0.4) is 0 Å². The number of nitrogens with two attached hydrogens (primary N) is 1. The van der Waals surface area contributed by atoms with Crippen LogP contribution >= 0.6 is 0 Å². The van der Waals surface area contributed by atoms with Gasteiger partial charge >= 0.3 is 0 Å². The second-order valence-corrected chi connectivity index (χ2v) is 4.41. The molecule has 1 rings (SSSR count). The van der Waals surface area contributed by atoms with E-state index in [0.717, 1.165) is 17.9 Å². The summed E-state index contributed by atoms with van der Waals surface area (Å²) in [6, 6.07) is 0. The molecule has 1 aromatic heterocycles. The number of carbonyl (C=O) groups excluding carboxylic acids is 1. The maximum Gasteiger partial charge on any atom is 0.220 e. The Kier molecular flexibility index (Phi) is 5.15. The lowest BCUT2D eigenvalue weighted by atomic mass is 10.1. The Balaban J connectivity index is 2.28. The van der Waals surface area contributed by atoms with Crippen molar-refractivity contribution in [2.75, 3.05) is 6.54 Å². The molecule has 0 saturated heterocycles. The van der Waals surface area contributed by atoms with Gasteiger partial charge in [0, 0.05) is 6.42 Å². The van der Waals surface area contributed by atoms with Crippen molar-refractivity contribution >= 4 is 5.91 Å². The molecular formula is C12H21N3O2. The second kappa shape index (κ2) is 6.39. The van der Waals surface area contributed by atoms with E-state index in [-0.39, 0.29) is 5.91 Å². The molecule has 17 heavy (non-hydrogen) atoms. The molecule has 0 fully saturated rings. The third kappa shape index (κ3) is 4.56. The summed E-state index contributed by atoms with van der Waals surface area (Å²) in [7, 11) is 0. The molecule has 1 heterocycles. The Morgan fingerprint density at radius 3 is 2.76 bits per heavy atom. The Morgan fingerprint density at radius 2 is 2.24 bits per heavy atom. The van der Waals surface area contributed by atoms with Gasteiger partial charge in [-0.15, -0.1) is 0 Å². The highest BCUT2D eigenvalue weighted by Crippen LogP contribution is 2.08. The first-order valence-electron chi connectivity index (χ1n) is 5.92. The molecule has 0 aromatic carbocycles. The average molecular weight is 239 g/mol. The largest absolute Gasteiger partial charge is 0.444 e. The quantitative estimate of drug-likeness (QED) is 0.783. The third-order valence-electron chi connectivity index (χ3n) is 2.78. The predicted molar refractivity (Wildman–Crippen MR) is 65.3 cm³/mol. The molecule has 0 aliphatic heterocycles. The van der Waals surface area contributed by atoms with E-state index in [9.17, 15) is 4.79 Å². The van der Waals surface area contributed by atoms with Crippen molar-refractivity contribution in [2.45, 2.75) is 40.2 Å². The van der Waals surface area contributed by atoms with E-state index in [0.29, 0.717) is 31.3 Å². The van der Waals surface area contributed by atoms with Crippen molar-refractivity contribution in [2.24, 2.45) is 11.7 Å². The van der Waals surface area contributed by atoms with Crippen molar-refractivity contribution in [3.8, 4) is 0 Å². The van der Waals surface area contributed by atoms with Crippen molar-refractivity contribution in [1.82, 2.24) is 10.3 Å². The van der Waals surface area contributed by atoms with E-state index < -0.39 is 0 Å². The van der Waals surface area contributed by atoms with Crippen LogP contribution in [0, 0.1) is 19.8 Å². The average Bonchev–Trinajstić information content (AvgIpc) is 2.63. The van der Waals surface area contributed by atoms with Crippen molar-refractivity contribution in [3.05, 3.63) is 17.3 Å². The van der Waals surface area contributed by atoms with Crippen molar-refractivity contribution in [3.63, 3.8) is 0 Å². The van der Waals surface area contributed by atoms with Crippen LogP contribution in [-0.4, -0.2) is 17.4 Å². The number of rotatable bonds is 6. The Labute approximate surface area is 102 Å². The minimum absolute atomic E-state index is 0.0128. The van der Waals surface area contributed by atoms with Gasteiger partial charge in [-0.05, 0) is 32.7 Å². The van der Waals surface area contributed by atoms with Gasteiger partial charge in [0.05, 0.1) is 12.2 Å². The van der Waals surface area contributed by atoms with Gasteiger partial charge in [-0.25, -0.2) is 4.98 Å². The lowest BCUT2D eigenvalue weighted by molar-refractivity contribution is -0.121. The molecular weight excluding hydrogens is 218 g/mol. The molecule has 1 amide bonds. The fourth-order valence-electron chi connectivity index (χ4n) is 1.37. The van der Waals surface area contributed by atoms with E-state index in [1.54, 1.807) is 0 Å². The van der Waals surface area contributed by atoms with Gasteiger partial charge in [0.2, 0.25) is 11.8 Å². The molecule has 1 unspecified atom stereocenters. The zero-order valence-corrected chi connectivity index (χ0v) is 10.7. The predicted octanol–water partition coefficient (Wildman–Crippen LogP) is 1.28. The molecule has 0 aliphatic carbocycles. The SMILES string of the molecule is Cc1nc(CNC(=O)CCC(C)CN)oc1C. The van der Waals surface area contributed by atoms with Gasteiger partial charge in [0.15, 0.2) is 0 Å². The van der Waals surface area contributed by atoms with Gasteiger partial charge in [0.1, 0.15) is 5.76 Å². The van der Waals surface area contributed by atoms with E-state index in [2.05, 4.69) is 10.3 Å². The topological polar surface area (TPSA) is 81.2 Å². The number of hydrogen-bond donors (Lipinski definition) is 2. The summed E-state index contributed by atoms with van der Waals surface area (Å²) in [6.45, 7) is 6.74. The van der Waals surface area contributed by atoms with Crippen LogP contribution in [0.4, 0.5) is 0 Å². The molecule has 3 N–H and O–H groups in total. The number of hydrogen-bond acceptors (Lipinski definition) is 4. The van der Waals surface area contributed by atoms with E-state index in [4.69, 9.17) is 10.2 Å². The molecule has 5 heteroatoms. The van der Waals surface area contributed by atoms with E-state index in [1.807, 2.05) is 20.8 Å². The Hall–Kier alpha value is -1.36. The maximum absolute atomic E-state index is 11.5. The van der Waals surface area contributed by atoms with Crippen LogP contribution in [0.25, 0.3) is 0 Å². The monoisotopic (exact) mass is 239 g/mol. The summed E-state index contributed by atoms with van der Waals surface area (Å²) in [5.74, 6) is 1.75. The lowest BCUT2D eigenvalue weighted by Crippen LogP contribution is -2.24. The van der Waals surface area contributed by atoms with Crippen molar-refractivity contribution in [1.29, 1.82) is 0 Å². The fraction of sp³-hybridized carbons (Fsp3) is 0.667. The Morgan fingerprint density at radius 1 is 1.53 bits per heavy atom. The Bertz CT molecular complexity index is 354. The normalized spacial score (nSPS) is 12.5. The highest BCUT2D eigenvalue weighted by molar-refractivity contribution is 5.75. The number of carbonyl (C=O) groups is 1. The van der Waals surface area contributed by atoms with Crippen LogP contribution in [0.2, 0.25) is 0 Å². The first kappa shape index (κ1) is 13.7. The fourth-order valence-corrected chi connectivity index (χ4v) is 1.37. The van der Waals surface area contributed by atoms with Gasteiger partial charge in [-0.2, -0.15) is 0 Å². The number of nitrogens with one attached hydrogen (secondary N) is 1. The smallest absolute Gasteiger partial charge is 0.220 e. The third-order valence-corrected chi connectivity index (χ3v) is 2.78. The van der Waals surface area contributed by atoms with E-state index in [1.165, 1.54) is 0 Å². The molecule has 0 bridgehead atoms. The molecule has 96 valence electrons. The zero-order chi connectivity index (χ0) is 12.8. The van der Waals surface area contributed by atoms with Crippen LogP contribution in [0.5, 0.6) is 0 Å². The molecule has 1 aromatic rings. The maximum atomic E-state index is 11.5. The molecule has 1 atom stereocenters. The summed E-state index contributed by atoms with van der Waals surface area (Å²) in [5, 5.41) is 2.78. The number of oxazole rings is 1. The molecule has 0 saturated carbocycles. The van der Waals surface area contributed by atoms with Crippen LogP contribution in [0.15, 0.2) is 4.42 Å². The van der Waals surface area contributed by atoms with Crippen LogP contribution in [0.1, 0.15) is 37.1 Å². The standard InChI is InChI=1S/C12H21N3O2/c1-8(6-13)4-5-11(16)14-7-12-15-9(2)10(3)17-12/h8H,4-7,13H2,1-3H3,(H,14,16). The first-order chi connectivity index (χ1) is 8.02. The molecule has 0 spiro atoms. The van der Waals surface area contributed by atoms with Gasteiger partial charge < -0.3 is 15.5 Å². The number of amides is 1. The minimum Gasteiger partial charge on any atom is -0.444 e.